The van der Waals surface area contributed by atoms with Crippen molar-refractivity contribution in [3.05, 3.63) is 40.9 Å². The Morgan fingerprint density at radius 3 is 2.78 bits per heavy atom. The molecule has 0 amide bonds. The molecule has 27 heavy (non-hydrogen) atoms. The molecular formula is C20H29N5OS. The number of aromatic nitrogens is 1. The van der Waals surface area contributed by atoms with E-state index in [1.807, 2.05) is 11.6 Å². The van der Waals surface area contributed by atoms with E-state index in [1.165, 1.54) is 5.56 Å². The molecule has 1 aromatic heterocycles. The van der Waals surface area contributed by atoms with Gasteiger partial charge in [0.1, 0.15) is 5.75 Å². The van der Waals surface area contributed by atoms with Crippen molar-refractivity contribution in [2.24, 2.45) is 10.7 Å². The number of anilines is 1. The first-order chi connectivity index (χ1) is 13.1. The number of nitrogens with zero attached hydrogens (tertiary/aromatic N) is 4. The van der Waals surface area contributed by atoms with E-state index in [9.17, 15) is 0 Å². The van der Waals surface area contributed by atoms with Crippen LogP contribution in [-0.4, -0.2) is 48.1 Å². The van der Waals surface area contributed by atoms with Gasteiger partial charge >= 0.3 is 0 Å². The van der Waals surface area contributed by atoms with Gasteiger partial charge in [0.25, 0.3) is 0 Å². The van der Waals surface area contributed by atoms with Gasteiger partial charge in [-0.1, -0.05) is 19.1 Å². The number of guanidine groups is 1. The molecule has 146 valence electrons. The van der Waals surface area contributed by atoms with Crippen molar-refractivity contribution in [2.45, 2.75) is 39.8 Å². The van der Waals surface area contributed by atoms with Gasteiger partial charge in [-0.2, -0.15) is 0 Å². The molecule has 7 heteroatoms. The third kappa shape index (κ3) is 5.13. The molecule has 1 aliphatic rings. The Morgan fingerprint density at radius 1 is 1.33 bits per heavy atom. The molecule has 1 fully saturated rings. The van der Waals surface area contributed by atoms with Crippen molar-refractivity contribution in [1.82, 2.24) is 9.88 Å². The molecule has 0 radical (unpaired) electrons. The van der Waals surface area contributed by atoms with Crippen LogP contribution in [0.15, 0.2) is 34.8 Å². The van der Waals surface area contributed by atoms with Crippen molar-refractivity contribution < 1.29 is 4.74 Å². The Labute approximate surface area is 165 Å². The molecule has 1 unspecified atom stereocenters. The van der Waals surface area contributed by atoms with Gasteiger partial charge in [-0.3, -0.25) is 0 Å². The van der Waals surface area contributed by atoms with Crippen LogP contribution in [0.4, 0.5) is 5.13 Å². The number of piperazine rings is 1. The highest BCUT2D eigenvalue weighted by molar-refractivity contribution is 7.13. The van der Waals surface area contributed by atoms with E-state index in [0.717, 1.165) is 49.0 Å². The number of thiazole rings is 1. The first-order valence-electron chi connectivity index (χ1n) is 9.52. The third-order valence-electron chi connectivity index (χ3n) is 4.83. The van der Waals surface area contributed by atoms with Gasteiger partial charge in [0, 0.05) is 43.3 Å². The van der Waals surface area contributed by atoms with Crippen LogP contribution in [0, 0.1) is 6.92 Å². The molecule has 1 aromatic carbocycles. The molecule has 1 saturated heterocycles. The number of aryl methyl sites for hydroxylation is 1. The van der Waals surface area contributed by atoms with Crippen LogP contribution in [0.2, 0.25) is 0 Å². The lowest BCUT2D eigenvalue weighted by Gasteiger charge is -2.35. The average Bonchev–Trinajstić information content (AvgIpc) is 3.22. The molecule has 3 rings (SSSR count). The summed E-state index contributed by atoms with van der Waals surface area (Å²) in [4.78, 5) is 13.5. The summed E-state index contributed by atoms with van der Waals surface area (Å²) in [5, 5.41) is 3.09. The van der Waals surface area contributed by atoms with Gasteiger partial charge in [-0.05, 0) is 31.9 Å². The summed E-state index contributed by atoms with van der Waals surface area (Å²) in [6.45, 7) is 10.4. The number of benzene rings is 1. The fraction of sp³-hybridized carbons (Fsp3) is 0.500. The zero-order valence-corrected chi connectivity index (χ0v) is 17.2. The maximum Gasteiger partial charge on any atom is 0.191 e. The number of hydrogen-bond acceptors (Lipinski definition) is 5. The van der Waals surface area contributed by atoms with Crippen LogP contribution in [0.5, 0.6) is 5.75 Å². The summed E-state index contributed by atoms with van der Waals surface area (Å²) < 4.78 is 6.07. The van der Waals surface area contributed by atoms with Crippen LogP contribution in [-0.2, 0) is 6.54 Å². The predicted molar refractivity (Wildman–Crippen MR) is 113 cm³/mol. The van der Waals surface area contributed by atoms with Gasteiger partial charge in [0.15, 0.2) is 11.1 Å². The average molecular weight is 388 g/mol. The molecule has 2 aromatic rings. The fourth-order valence-corrected chi connectivity index (χ4v) is 3.66. The second kappa shape index (κ2) is 9.08. The van der Waals surface area contributed by atoms with E-state index in [2.05, 4.69) is 58.7 Å². The number of nitrogens with two attached hydrogens (primary N) is 1. The summed E-state index contributed by atoms with van der Waals surface area (Å²) in [7, 11) is 0. The van der Waals surface area contributed by atoms with E-state index < -0.39 is 0 Å². The normalized spacial score (nSPS) is 16.5. The summed E-state index contributed by atoms with van der Waals surface area (Å²) in [6, 6.07) is 6.27. The molecule has 6 nitrogen and oxygen atoms in total. The van der Waals surface area contributed by atoms with Gasteiger partial charge in [-0.15, -0.1) is 11.3 Å². The first kappa shape index (κ1) is 19.5. The first-order valence-corrected chi connectivity index (χ1v) is 10.4. The van der Waals surface area contributed by atoms with Gasteiger partial charge < -0.3 is 20.3 Å². The summed E-state index contributed by atoms with van der Waals surface area (Å²) in [5.41, 5.74) is 8.53. The second-order valence-electron chi connectivity index (χ2n) is 6.91. The molecule has 1 atom stereocenters. The highest BCUT2D eigenvalue weighted by atomic mass is 32.1. The van der Waals surface area contributed by atoms with Crippen molar-refractivity contribution in [2.75, 3.05) is 31.1 Å². The molecule has 1 aliphatic heterocycles. The Bertz CT molecular complexity index is 754. The lowest BCUT2D eigenvalue weighted by atomic mass is 10.1. The standard InChI is InChI=1S/C20H29N5OS/c1-4-16(3)26-18-13-15(2)5-6-17(18)14-23-19(21)24-8-10-25(11-9-24)20-22-7-12-27-20/h5-7,12-13,16H,4,8-11,14H2,1-3H3,(H2,21,23). The topological polar surface area (TPSA) is 67.0 Å². The maximum atomic E-state index is 6.27. The SMILES string of the molecule is CCC(C)Oc1cc(C)ccc1CN=C(N)N1CCN(c2nccs2)CC1. The Balaban J connectivity index is 1.61. The third-order valence-corrected chi connectivity index (χ3v) is 5.66. The van der Waals surface area contributed by atoms with Crippen LogP contribution in [0.3, 0.4) is 0 Å². The monoisotopic (exact) mass is 387 g/mol. The lowest BCUT2D eigenvalue weighted by molar-refractivity contribution is 0.215. The van der Waals surface area contributed by atoms with E-state index in [4.69, 9.17) is 10.5 Å². The smallest absolute Gasteiger partial charge is 0.191 e. The predicted octanol–water partition coefficient (Wildman–Crippen LogP) is 3.27. The fourth-order valence-electron chi connectivity index (χ4n) is 2.97. The minimum absolute atomic E-state index is 0.186. The summed E-state index contributed by atoms with van der Waals surface area (Å²) in [5.74, 6) is 1.51. The molecular weight excluding hydrogens is 358 g/mol. The number of aliphatic imine (C=N–C) groups is 1. The van der Waals surface area contributed by atoms with Gasteiger partial charge in [-0.25, -0.2) is 9.98 Å². The van der Waals surface area contributed by atoms with Crippen molar-refractivity contribution in [1.29, 1.82) is 0 Å². The minimum Gasteiger partial charge on any atom is -0.490 e. The quantitative estimate of drug-likeness (QED) is 0.609. The van der Waals surface area contributed by atoms with E-state index in [0.29, 0.717) is 12.5 Å². The van der Waals surface area contributed by atoms with Crippen LogP contribution in [0.1, 0.15) is 31.4 Å². The number of hydrogen-bond donors (Lipinski definition) is 1. The second-order valence-corrected chi connectivity index (χ2v) is 7.78. The molecule has 0 bridgehead atoms. The number of ether oxygens (including phenoxy) is 1. The van der Waals surface area contributed by atoms with Crippen molar-refractivity contribution in [3.8, 4) is 5.75 Å². The summed E-state index contributed by atoms with van der Waals surface area (Å²) in [6.07, 6.45) is 3.01. The molecule has 0 spiro atoms. The molecule has 2 N–H and O–H groups in total. The molecule has 2 heterocycles. The van der Waals surface area contributed by atoms with E-state index >= 15 is 0 Å². The van der Waals surface area contributed by atoms with Crippen molar-refractivity contribution in [3.63, 3.8) is 0 Å². The maximum absolute atomic E-state index is 6.27. The summed E-state index contributed by atoms with van der Waals surface area (Å²) >= 11 is 1.68. The molecule has 0 aliphatic carbocycles. The van der Waals surface area contributed by atoms with E-state index in [-0.39, 0.29) is 6.10 Å². The van der Waals surface area contributed by atoms with E-state index in [1.54, 1.807) is 11.3 Å². The van der Waals surface area contributed by atoms with Crippen LogP contribution in [0.25, 0.3) is 0 Å². The Hall–Kier alpha value is -2.28. The van der Waals surface area contributed by atoms with Crippen LogP contribution >= 0.6 is 11.3 Å². The highest BCUT2D eigenvalue weighted by Gasteiger charge is 2.20. The Morgan fingerprint density at radius 2 is 2.11 bits per heavy atom. The molecule has 0 saturated carbocycles. The Kier molecular flexibility index (Phi) is 6.55. The van der Waals surface area contributed by atoms with Crippen molar-refractivity contribution >= 4 is 22.4 Å². The van der Waals surface area contributed by atoms with Gasteiger partial charge in [0.2, 0.25) is 0 Å². The van der Waals surface area contributed by atoms with Crippen LogP contribution < -0.4 is 15.4 Å². The van der Waals surface area contributed by atoms with Gasteiger partial charge in [0.05, 0.1) is 12.6 Å². The largest absolute Gasteiger partial charge is 0.490 e. The lowest BCUT2D eigenvalue weighted by Crippen LogP contribution is -2.51. The number of rotatable bonds is 6. The zero-order chi connectivity index (χ0) is 19.2. The zero-order valence-electron chi connectivity index (χ0n) is 16.4. The highest BCUT2D eigenvalue weighted by Crippen LogP contribution is 2.23. The minimum atomic E-state index is 0.186.